The number of benzene rings is 1. The van der Waals surface area contributed by atoms with E-state index in [1.807, 2.05) is 0 Å². The van der Waals surface area contributed by atoms with Crippen molar-refractivity contribution in [1.82, 2.24) is 5.32 Å². The van der Waals surface area contributed by atoms with E-state index >= 15 is 0 Å². The molecule has 1 amide bonds. The molecule has 1 aliphatic rings. The zero-order valence-corrected chi connectivity index (χ0v) is 12.2. The Labute approximate surface area is 123 Å². The van der Waals surface area contributed by atoms with Crippen LogP contribution in [0.5, 0.6) is 0 Å². The van der Waals surface area contributed by atoms with Gasteiger partial charge in [0, 0.05) is 18.2 Å². The first-order valence-corrected chi connectivity index (χ1v) is 6.93. The maximum absolute atomic E-state index is 12.1. The van der Waals surface area contributed by atoms with Crippen LogP contribution in [0.1, 0.15) is 37.0 Å². The van der Waals surface area contributed by atoms with Crippen LogP contribution >= 0.6 is 0 Å². The van der Waals surface area contributed by atoms with Crippen molar-refractivity contribution >= 4 is 17.3 Å². The van der Waals surface area contributed by atoms with Gasteiger partial charge in [0.05, 0.1) is 4.92 Å². The molecule has 0 unspecified atom stereocenters. The summed E-state index contributed by atoms with van der Waals surface area (Å²) < 4.78 is 0. The monoisotopic (exact) mass is 292 g/mol. The second-order valence-corrected chi connectivity index (χ2v) is 5.83. The van der Waals surface area contributed by atoms with Gasteiger partial charge in [0.2, 0.25) is 0 Å². The van der Waals surface area contributed by atoms with E-state index in [0.717, 1.165) is 12.8 Å². The second kappa shape index (κ2) is 5.69. The lowest BCUT2D eigenvalue weighted by Crippen LogP contribution is -2.32. The normalized spacial score (nSPS) is 15.6. The molecule has 0 saturated heterocycles. The van der Waals surface area contributed by atoms with Gasteiger partial charge in [-0.15, -0.1) is 0 Å². The van der Waals surface area contributed by atoms with Crippen LogP contribution in [0.25, 0.3) is 0 Å². The number of hydrogen-bond acceptors (Lipinski definition) is 5. The Kier molecular flexibility index (Phi) is 4.13. The van der Waals surface area contributed by atoms with E-state index in [4.69, 9.17) is 5.84 Å². The number of nitrogens with two attached hydrogens (primary N) is 1. The average Bonchev–Trinajstić information content (AvgIpc) is 3.25. The third-order valence-corrected chi connectivity index (χ3v) is 4.33. The Hall–Kier alpha value is -2.15. The second-order valence-electron chi connectivity index (χ2n) is 5.83. The van der Waals surface area contributed by atoms with E-state index in [1.54, 1.807) is 0 Å². The van der Waals surface area contributed by atoms with Crippen LogP contribution in [0.3, 0.4) is 0 Å². The van der Waals surface area contributed by atoms with E-state index < -0.39 is 4.92 Å². The molecule has 1 fully saturated rings. The van der Waals surface area contributed by atoms with Gasteiger partial charge in [0.1, 0.15) is 5.69 Å². The van der Waals surface area contributed by atoms with Gasteiger partial charge in [-0.1, -0.05) is 13.8 Å². The topological polar surface area (TPSA) is 110 Å². The van der Waals surface area contributed by atoms with E-state index in [9.17, 15) is 14.9 Å². The highest BCUT2D eigenvalue weighted by Gasteiger charge is 2.45. The lowest BCUT2D eigenvalue weighted by atomic mass is 9.92. The molecular weight excluding hydrogens is 272 g/mol. The van der Waals surface area contributed by atoms with E-state index in [2.05, 4.69) is 24.6 Å². The molecule has 1 aromatic carbocycles. The molecule has 0 heterocycles. The Morgan fingerprint density at radius 2 is 2.14 bits per heavy atom. The van der Waals surface area contributed by atoms with Gasteiger partial charge in [-0.3, -0.25) is 20.8 Å². The molecule has 21 heavy (non-hydrogen) atoms. The third-order valence-electron chi connectivity index (χ3n) is 4.33. The van der Waals surface area contributed by atoms with Crippen LogP contribution in [0.4, 0.5) is 11.4 Å². The van der Waals surface area contributed by atoms with Crippen LogP contribution in [0.2, 0.25) is 0 Å². The molecule has 114 valence electrons. The van der Waals surface area contributed by atoms with E-state index in [-0.39, 0.29) is 22.7 Å². The van der Waals surface area contributed by atoms with Gasteiger partial charge in [-0.05, 0) is 36.3 Å². The van der Waals surface area contributed by atoms with Gasteiger partial charge in [-0.25, -0.2) is 0 Å². The summed E-state index contributed by atoms with van der Waals surface area (Å²) in [6, 6.07) is 4.10. The number of anilines is 1. The van der Waals surface area contributed by atoms with Gasteiger partial charge in [0.15, 0.2) is 0 Å². The first-order chi connectivity index (χ1) is 9.89. The molecule has 0 aromatic heterocycles. The molecule has 7 heteroatoms. The first-order valence-electron chi connectivity index (χ1n) is 6.93. The maximum Gasteiger partial charge on any atom is 0.293 e. The Morgan fingerprint density at radius 3 is 2.62 bits per heavy atom. The number of hydrogen-bond donors (Lipinski definition) is 3. The quantitative estimate of drug-likeness (QED) is 0.422. The van der Waals surface area contributed by atoms with Gasteiger partial charge in [-0.2, -0.15) is 0 Å². The largest absolute Gasteiger partial charge is 0.351 e. The number of carbonyl (C=O) groups excluding carboxylic acids is 1. The predicted molar refractivity (Wildman–Crippen MR) is 79.7 cm³/mol. The number of amides is 1. The average molecular weight is 292 g/mol. The van der Waals surface area contributed by atoms with Crippen molar-refractivity contribution < 1.29 is 9.72 Å². The molecular formula is C14H20N4O3. The van der Waals surface area contributed by atoms with Crippen LogP contribution in [0, 0.1) is 21.4 Å². The highest BCUT2D eigenvalue weighted by atomic mass is 16.6. The summed E-state index contributed by atoms with van der Waals surface area (Å²) in [4.78, 5) is 22.4. The van der Waals surface area contributed by atoms with Crippen molar-refractivity contribution in [2.24, 2.45) is 17.2 Å². The summed E-state index contributed by atoms with van der Waals surface area (Å²) in [5, 5.41) is 13.7. The van der Waals surface area contributed by atoms with Gasteiger partial charge in [0.25, 0.3) is 11.6 Å². The van der Waals surface area contributed by atoms with Crippen molar-refractivity contribution in [3.05, 3.63) is 33.9 Å². The number of carbonyl (C=O) groups is 1. The molecule has 0 atom stereocenters. The Balaban J connectivity index is 2.08. The van der Waals surface area contributed by atoms with Gasteiger partial charge >= 0.3 is 0 Å². The summed E-state index contributed by atoms with van der Waals surface area (Å²) in [7, 11) is 0. The van der Waals surface area contributed by atoms with Crippen molar-refractivity contribution in [1.29, 1.82) is 0 Å². The molecule has 7 nitrogen and oxygen atoms in total. The van der Waals surface area contributed by atoms with E-state index in [0.29, 0.717) is 18.0 Å². The van der Waals surface area contributed by atoms with E-state index in [1.165, 1.54) is 18.2 Å². The van der Waals surface area contributed by atoms with Crippen LogP contribution in [0.15, 0.2) is 18.2 Å². The molecule has 0 radical (unpaired) electrons. The summed E-state index contributed by atoms with van der Waals surface area (Å²) in [6.07, 6.45) is 2.25. The summed E-state index contributed by atoms with van der Waals surface area (Å²) >= 11 is 0. The minimum Gasteiger partial charge on any atom is -0.351 e. The lowest BCUT2D eigenvalue weighted by molar-refractivity contribution is -0.384. The smallest absolute Gasteiger partial charge is 0.293 e. The zero-order chi connectivity index (χ0) is 15.6. The van der Waals surface area contributed by atoms with Crippen molar-refractivity contribution in [3.63, 3.8) is 0 Å². The Morgan fingerprint density at radius 1 is 1.48 bits per heavy atom. The molecule has 1 saturated carbocycles. The summed E-state index contributed by atoms with van der Waals surface area (Å²) in [5.74, 6) is 5.55. The van der Waals surface area contributed by atoms with Crippen molar-refractivity contribution in [2.45, 2.75) is 26.7 Å². The fourth-order valence-corrected chi connectivity index (χ4v) is 2.43. The number of rotatable bonds is 6. The molecule has 2 rings (SSSR count). The Bertz CT molecular complexity index is 567. The van der Waals surface area contributed by atoms with Gasteiger partial charge < -0.3 is 10.7 Å². The molecule has 0 spiro atoms. The number of nitrogens with one attached hydrogen (secondary N) is 2. The molecule has 4 N–H and O–H groups in total. The van der Waals surface area contributed by atoms with Crippen molar-refractivity contribution in [3.8, 4) is 0 Å². The standard InChI is InChI=1S/C14H20N4O3/c1-9(2)14(5-6-14)8-16-13(19)10-3-4-12(18(20)21)11(7-10)17-15/h3-4,7,9,17H,5-6,8,15H2,1-2H3,(H,16,19). The zero-order valence-electron chi connectivity index (χ0n) is 12.2. The molecule has 0 bridgehead atoms. The fraction of sp³-hybridized carbons (Fsp3) is 0.500. The third kappa shape index (κ3) is 3.13. The highest BCUT2D eigenvalue weighted by molar-refractivity contribution is 5.95. The lowest BCUT2D eigenvalue weighted by Gasteiger charge is -2.20. The molecule has 1 aromatic rings. The molecule has 0 aliphatic heterocycles. The van der Waals surface area contributed by atoms with Crippen LogP contribution in [-0.2, 0) is 0 Å². The minimum absolute atomic E-state index is 0.123. The SMILES string of the molecule is CC(C)C1(CNC(=O)c2ccc([N+](=O)[O-])c(NN)c2)CC1. The first kappa shape index (κ1) is 15.2. The number of nitrogens with zero attached hydrogens (tertiary/aromatic N) is 1. The number of nitro benzene ring substituents is 1. The van der Waals surface area contributed by atoms with Crippen LogP contribution < -0.4 is 16.6 Å². The molecule has 1 aliphatic carbocycles. The number of nitrogen functional groups attached to an aromatic ring is 1. The number of nitro groups is 1. The minimum atomic E-state index is -0.547. The van der Waals surface area contributed by atoms with Crippen LogP contribution in [-0.4, -0.2) is 17.4 Å². The van der Waals surface area contributed by atoms with Crippen molar-refractivity contribution in [2.75, 3.05) is 12.0 Å². The maximum atomic E-state index is 12.1. The summed E-state index contributed by atoms with van der Waals surface area (Å²) in [6.45, 7) is 4.94. The summed E-state index contributed by atoms with van der Waals surface area (Å²) in [5.41, 5.74) is 2.79. The number of hydrazine groups is 1. The fourth-order valence-electron chi connectivity index (χ4n) is 2.43. The predicted octanol–water partition coefficient (Wildman–Crippen LogP) is 2.05. The highest BCUT2D eigenvalue weighted by Crippen LogP contribution is 2.51.